The van der Waals surface area contributed by atoms with Crippen LogP contribution in [-0.2, 0) is 9.59 Å². The van der Waals surface area contributed by atoms with E-state index in [0.717, 1.165) is 18.5 Å². The standard InChI is InChI=1S/C21H26N4O2/c26-20-12-16(14-24(20)18-8-4-1-2-5-9-18)21(27)23-17-13-22-25(15-17)19-10-6-3-7-11-19/h3,6-7,10-11,13,15-16,18H,1-2,4-5,8-9,12,14H2,(H,23,27). The van der Waals surface area contributed by atoms with Crippen LogP contribution in [-0.4, -0.2) is 39.1 Å². The highest BCUT2D eigenvalue weighted by atomic mass is 16.2. The van der Waals surface area contributed by atoms with Crippen molar-refractivity contribution in [3.8, 4) is 5.69 Å². The third-order valence-electron chi connectivity index (χ3n) is 5.67. The Labute approximate surface area is 159 Å². The second kappa shape index (κ2) is 7.94. The maximum atomic E-state index is 12.7. The maximum absolute atomic E-state index is 12.7. The summed E-state index contributed by atoms with van der Waals surface area (Å²) < 4.78 is 1.73. The molecule has 1 unspecified atom stereocenters. The number of hydrogen-bond donors (Lipinski definition) is 1. The Kier molecular flexibility index (Phi) is 5.23. The van der Waals surface area contributed by atoms with Gasteiger partial charge in [-0.05, 0) is 25.0 Å². The van der Waals surface area contributed by atoms with Gasteiger partial charge in [0.05, 0.1) is 29.7 Å². The van der Waals surface area contributed by atoms with Crippen LogP contribution >= 0.6 is 0 Å². The number of rotatable bonds is 4. The van der Waals surface area contributed by atoms with E-state index < -0.39 is 0 Å². The van der Waals surface area contributed by atoms with Crippen molar-refractivity contribution in [3.63, 3.8) is 0 Å². The fraction of sp³-hybridized carbons (Fsp3) is 0.476. The van der Waals surface area contributed by atoms with Gasteiger partial charge in [0.2, 0.25) is 11.8 Å². The van der Waals surface area contributed by atoms with Crippen molar-refractivity contribution >= 4 is 17.5 Å². The second-order valence-corrected chi connectivity index (χ2v) is 7.59. The van der Waals surface area contributed by atoms with E-state index in [2.05, 4.69) is 10.4 Å². The summed E-state index contributed by atoms with van der Waals surface area (Å²) in [7, 11) is 0. The summed E-state index contributed by atoms with van der Waals surface area (Å²) in [5, 5.41) is 7.23. The van der Waals surface area contributed by atoms with E-state index >= 15 is 0 Å². The third kappa shape index (κ3) is 4.04. The van der Waals surface area contributed by atoms with Crippen LogP contribution in [0.3, 0.4) is 0 Å². The summed E-state index contributed by atoms with van der Waals surface area (Å²) in [4.78, 5) is 27.1. The smallest absolute Gasteiger partial charge is 0.229 e. The SMILES string of the molecule is O=C(Nc1cnn(-c2ccccc2)c1)C1CC(=O)N(C2CCCCCC2)C1. The van der Waals surface area contributed by atoms with Gasteiger partial charge in [0.1, 0.15) is 0 Å². The van der Waals surface area contributed by atoms with E-state index in [9.17, 15) is 9.59 Å². The highest BCUT2D eigenvalue weighted by molar-refractivity contribution is 5.97. The van der Waals surface area contributed by atoms with E-state index in [4.69, 9.17) is 0 Å². The molecule has 1 N–H and O–H groups in total. The molecular weight excluding hydrogens is 340 g/mol. The highest BCUT2D eigenvalue weighted by Crippen LogP contribution is 2.28. The van der Waals surface area contributed by atoms with Gasteiger partial charge in [0.25, 0.3) is 0 Å². The molecule has 1 aromatic carbocycles. The Bertz CT molecular complexity index is 794. The molecule has 1 saturated heterocycles. The molecule has 1 aliphatic heterocycles. The molecule has 2 aromatic rings. The molecule has 2 fully saturated rings. The van der Waals surface area contributed by atoms with Gasteiger partial charge in [-0.25, -0.2) is 4.68 Å². The number of nitrogens with one attached hydrogen (secondary N) is 1. The zero-order valence-corrected chi connectivity index (χ0v) is 15.5. The number of amides is 2. The monoisotopic (exact) mass is 366 g/mol. The van der Waals surface area contributed by atoms with Crippen LogP contribution in [0.25, 0.3) is 5.69 Å². The summed E-state index contributed by atoms with van der Waals surface area (Å²) >= 11 is 0. The fourth-order valence-corrected chi connectivity index (χ4v) is 4.18. The first-order valence-corrected chi connectivity index (χ1v) is 9.91. The van der Waals surface area contributed by atoms with Gasteiger partial charge in [-0.2, -0.15) is 5.10 Å². The lowest BCUT2D eigenvalue weighted by atomic mass is 10.1. The number of carbonyl (C=O) groups is 2. The lowest BCUT2D eigenvalue weighted by Gasteiger charge is -2.27. The Morgan fingerprint density at radius 3 is 2.56 bits per heavy atom. The van der Waals surface area contributed by atoms with Gasteiger partial charge in [0.15, 0.2) is 0 Å². The summed E-state index contributed by atoms with van der Waals surface area (Å²) in [5.41, 5.74) is 1.60. The van der Waals surface area contributed by atoms with Gasteiger partial charge >= 0.3 is 0 Å². The first-order valence-electron chi connectivity index (χ1n) is 9.91. The predicted molar refractivity (Wildman–Crippen MR) is 104 cm³/mol. The quantitative estimate of drug-likeness (QED) is 0.844. The molecule has 0 spiro atoms. The molecule has 27 heavy (non-hydrogen) atoms. The lowest BCUT2D eigenvalue weighted by molar-refractivity contribution is -0.130. The molecule has 2 aliphatic rings. The normalized spacial score (nSPS) is 21.3. The van der Waals surface area contributed by atoms with Gasteiger partial charge < -0.3 is 10.2 Å². The number of anilines is 1. The van der Waals surface area contributed by atoms with E-state index in [1.54, 1.807) is 17.1 Å². The van der Waals surface area contributed by atoms with Crippen LogP contribution in [0, 0.1) is 5.92 Å². The van der Waals surface area contributed by atoms with E-state index in [0.29, 0.717) is 24.7 Å². The van der Waals surface area contributed by atoms with Crippen molar-refractivity contribution in [2.45, 2.75) is 51.0 Å². The molecule has 0 bridgehead atoms. The largest absolute Gasteiger partial charge is 0.339 e. The number of likely N-dealkylation sites (tertiary alicyclic amines) is 1. The molecule has 1 atom stereocenters. The molecule has 2 heterocycles. The number of nitrogens with zero attached hydrogens (tertiary/aromatic N) is 3. The van der Waals surface area contributed by atoms with Crippen LogP contribution in [0.1, 0.15) is 44.9 Å². The van der Waals surface area contributed by atoms with Gasteiger partial charge in [-0.1, -0.05) is 43.9 Å². The molecule has 142 valence electrons. The Balaban J connectivity index is 1.37. The first-order chi connectivity index (χ1) is 13.2. The first kappa shape index (κ1) is 17.8. The molecule has 4 rings (SSSR count). The zero-order valence-electron chi connectivity index (χ0n) is 15.5. The van der Waals surface area contributed by atoms with E-state index in [1.807, 2.05) is 35.2 Å². The Morgan fingerprint density at radius 1 is 1.07 bits per heavy atom. The minimum Gasteiger partial charge on any atom is -0.339 e. The summed E-state index contributed by atoms with van der Waals surface area (Å²) in [5.74, 6) is -0.241. The van der Waals surface area contributed by atoms with Crippen molar-refractivity contribution in [1.82, 2.24) is 14.7 Å². The molecule has 1 aromatic heterocycles. The van der Waals surface area contributed by atoms with Gasteiger partial charge in [-0.15, -0.1) is 0 Å². The van der Waals surface area contributed by atoms with E-state index in [1.165, 1.54) is 25.7 Å². The Hall–Kier alpha value is -2.63. The molecule has 6 nitrogen and oxygen atoms in total. The van der Waals surface area contributed by atoms with Crippen molar-refractivity contribution in [1.29, 1.82) is 0 Å². The van der Waals surface area contributed by atoms with Crippen molar-refractivity contribution in [2.24, 2.45) is 5.92 Å². The summed E-state index contributed by atoms with van der Waals surface area (Å²) in [6.07, 6.45) is 10.8. The van der Waals surface area contributed by atoms with Crippen molar-refractivity contribution < 1.29 is 9.59 Å². The fourth-order valence-electron chi connectivity index (χ4n) is 4.18. The molecule has 0 radical (unpaired) electrons. The Morgan fingerprint density at radius 2 is 1.81 bits per heavy atom. The predicted octanol–water partition coefficient (Wildman–Crippen LogP) is 3.38. The van der Waals surface area contributed by atoms with Crippen molar-refractivity contribution in [2.75, 3.05) is 11.9 Å². The van der Waals surface area contributed by atoms with Gasteiger partial charge in [0, 0.05) is 19.0 Å². The van der Waals surface area contributed by atoms with Crippen LogP contribution in [0.15, 0.2) is 42.7 Å². The molecule has 6 heteroatoms. The van der Waals surface area contributed by atoms with Crippen LogP contribution in [0.4, 0.5) is 5.69 Å². The topological polar surface area (TPSA) is 67.2 Å². The molecular formula is C21H26N4O2. The molecule has 2 amide bonds. The average molecular weight is 366 g/mol. The van der Waals surface area contributed by atoms with Crippen molar-refractivity contribution in [3.05, 3.63) is 42.7 Å². The zero-order chi connectivity index (χ0) is 18.6. The minimum atomic E-state index is -0.277. The molecule has 1 saturated carbocycles. The number of hydrogen-bond acceptors (Lipinski definition) is 3. The third-order valence-corrected chi connectivity index (χ3v) is 5.67. The maximum Gasteiger partial charge on any atom is 0.229 e. The summed E-state index contributed by atoms with van der Waals surface area (Å²) in [6.45, 7) is 0.544. The van der Waals surface area contributed by atoms with Crippen LogP contribution in [0.5, 0.6) is 0 Å². The number of aromatic nitrogens is 2. The number of carbonyl (C=O) groups excluding carboxylic acids is 2. The number of benzene rings is 1. The van der Waals surface area contributed by atoms with Gasteiger partial charge in [-0.3, -0.25) is 9.59 Å². The average Bonchev–Trinajstić information content (AvgIpc) is 3.21. The highest BCUT2D eigenvalue weighted by Gasteiger charge is 2.37. The number of para-hydroxylation sites is 1. The molecule has 1 aliphatic carbocycles. The minimum absolute atomic E-state index is 0.0907. The summed E-state index contributed by atoms with van der Waals surface area (Å²) in [6, 6.07) is 10.1. The van der Waals surface area contributed by atoms with E-state index in [-0.39, 0.29) is 17.7 Å². The van der Waals surface area contributed by atoms with Crippen LogP contribution < -0.4 is 5.32 Å². The lowest BCUT2D eigenvalue weighted by Crippen LogP contribution is -2.37. The second-order valence-electron chi connectivity index (χ2n) is 7.59. The van der Waals surface area contributed by atoms with Crippen LogP contribution in [0.2, 0.25) is 0 Å².